The zero-order valence-corrected chi connectivity index (χ0v) is 20.3. The molecule has 2 aromatic rings. The second kappa shape index (κ2) is 10.3. The number of carbonyl (C=O) groups excluding carboxylic acids is 1. The van der Waals surface area contributed by atoms with Crippen molar-refractivity contribution in [3.63, 3.8) is 0 Å². The standard InChI is InChI=1S/C26H31BrN2O4/c27-19-8-6-7-18(17-19)21-9-2-3-10-22(21)23(26(33)13-4-1-5-14-26)24(30)29-15-11-20(12-16-29)28-25(31)32/h2-3,6-10,17,20,23,28,33H,1,4-5,11-16H2,(H,31,32). The number of carboxylic acid groups (broad SMARTS) is 1. The summed E-state index contributed by atoms with van der Waals surface area (Å²) in [5.41, 5.74) is 1.73. The van der Waals surface area contributed by atoms with Crippen molar-refractivity contribution in [2.45, 2.75) is 62.5 Å². The van der Waals surface area contributed by atoms with Crippen LogP contribution in [0.5, 0.6) is 0 Å². The number of nitrogens with zero attached hydrogens (tertiary/aromatic N) is 1. The van der Waals surface area contributed by atoms with Gasteiger partial charge in [-0.3, -0.25) is 4.79 Å². The zero-order chi connectivity index (χ0) is 23.4. The molecule has 1 saturated heterocycles. The number of hydrogen-bond donors (Lipinski definition) is 3. The molecule has 3 N–H and O–H groups in total. The van der Waals surface area contributed by atoms with Gasteiger partial charge in [-0.2, -0.15) is 0 Å². The molecule has 176 valence electrons. The molecule has 1 saturated carbocycles. The van der Waals surface area contributed by atoms with Crippen LogP contribution in [-0.2, 0) is 4.79 Å². The Morgan fingerprint density at radius 2 is 1.73 bits per heavy atom. The lowest BCUT2D eigenvalue weighted by molar-refractivity contribution is -0.142. The zero-order valence-electron chi connectivity index (χ0n) is 18.7. The molecular formula is C26H31BrN2O4. The average molecular weight is 515 g/mol. The Bertz CT molecular complexity index is 997. The minimum absolute atomic E-state index is 0.0596. The van der Waals surface area contributed by atoms with Gasteiger partial charge in [-0.15, -0.1) is 0 Å². The maximum Gasteiger partial charge on any atom is 0.404 e. The Hall–Kier alpha value is -2.38. The van der Waals surface area contributed by atoms with Gasteiger partial charge in [-0.1, -0.05) is 71.6 Å². The minimum atomic E-state index is -1.09. The van der Waals surface area contributed by atoms with Gasteiger partial charge in [0.1, 0.15) is 0 Å². The van der Waals surface area contributed by atoms with Crippen LogP contribution >= 0.6 is 15.9 Å². The molecule has 6 nitrogen and oxygen atoms in total. The van der Waals surface area contributed by atoms with E-state index >= 15 is 0 Å². The van der Waals surface area contributed by atoms with E-state index in [0.717, 1.165) is 40.4 Å². The maximum absolute atomic E-state index is 14.0. The third kappa shape index (κ3) is 5.41. The SMILES string of the molecule is O=C(O)NC1CCN(C(=O)C(c2ccccc2-c2cccc(Br)c2)C2(O)CCCCC2)CC1. The minimum Gasteiger partial charge on any atom is -0.465 e. The molecular weight excluding hydrogens is 484 g/mol. The number of likely N-dealkylation sites (tertiary alicyclic amines) is 1. The lowest BCUT2D eigenvalue weighted by atomic mass is 9.70. The van der Waals surface area contributed by atoms with Gasteiger partial charge < -0.3 is 20.4 Å². The van der Waals surface area contributed by atoms with Crippen LogP contribution in [0.3, 0.4) is 0 Å². The van der Waals surface area contributed by atoms with Crippen molar-refractivity contribution in [3.8, 4) is 11.1 Å². The van der Waals surface area contributed by atoms with Gasteiger partial charge in [-0.05, 0) is 54.5 Å². The Morgan fingerprint density at radius 1 is 1.03 bits per heavy atom. The molecule has 0 radical (unpaired) electrons. The molecule has 0 bridgehead atoms. The lowest BCUT2D eigenvalue weighted by Gasteiger charge is -2.42. The Balaban J connectivity index is 1.69. The van der Waals surface area contributed by atoms with Gasteiger partial charge in [0.15, 0.2) is 0 Å². The van der Waals surface area contributed by atoms with Crippen LogP contribution in [0.15, 0.2) is 53.0 Å². The summed E-state index contributed by atoms with van der Waals surface area (Å²) >= 11 is 3.55. The monoisotopic (exact) mass is 514 g/mol. The molecule has 2 fully saturated rings. The maximum atomic E-state index is 14.0. The number of carbonyl (C=O) groups is 2. The molecule has 4 rings (SSSR count). The van der Waals surface area contributed by atoms with Crippen LogP contribution in [0, 0.1) is 0 Å². The van der Waals surface area contributed by atoms with E-state index in [0.29, 0.717) is 38.8 Å². The Kier molecular flexibility index (Phi) is 7.39. The van der Waals surface area contributed by atoms with Crippen LogP contribution in [0.2, 0.25) is 0 Å². The second-order valence-corrected chi connectivity index (χ2v) is 10.2. The van der Waals surface area contributed by atoms with Crippen molar-refractivity contribution >= 4 is 27.9 Å². The first-order valence-electron chi connectivity index (χ1n) is 11.7. The van der Waals surface area contributed by atoms with Crippen LogP contribution in [-0.4, -0.2) is 51.8 Å². The number of nitrogens with one attached hydrogen (secondary N) is 1. The molecule has 7 heteroatoms. The molecule has 1 aliphatic heterocycles. The van der Waals surface area contributed by atoms with Gasteiger partial charge in [-0.25, -0.2) is 4.79 Å². The van der Waals surface area contributed by atoms with E-state index in [-0.39, 0.29) is 11.9 Å². The number of halogens is 1. The molecule has 0 spiro atoms. The fraction of sp³-hybridized carbons (Fsp3) is 0.462. The summed E-state index contributed by atoms with van der Waals surface area (Å²) in [5.74, 6) is -0.715. The van der Waals surface area contributed by atoms with E-state index in [1.54, 1.807) is 0 Å². The average Bonchev–Trinajstić information content (AvgIpc) is 2.80. The molecule has 2 aromatic carbocycles. The summed E-state index contributed by atoms with van der Waals surface area (Å²) in [7, 11) is 0. The van der Waals surface area contributed by atoms with Crippen molar-refractivity contribution in [3.05, 3.63) is 58.6 Å². The molecule has 2 amide bonds. The summed E-state index contributed by atoms with van der Waals surface area (Å²) in [4.78, 5) is 26.8. The summed E-state index contributed by atoms with van der Waals surface area (Å²) < 4.78 is 0.960. The highest BCUT2D eigenvalue weighted by Gasteiger charge is 2.46. The molecule has 0 aromatic heterocycles. The fourth-order valence-electron chi connectivity index (χ4n) is 5.37. The second-order valence-electron chi connectivity index (χ2n) is 9.24. The summed E-state index contributed by atoms with van der Waals surface area (Å²) in [6.07, 6.45) is 4.22. The van der Waals surface area contributed by atoms with E-state index in [1.165, 1.54) is 0 Å². The van der Waals surface area contributed by atoms with Crippen molar-refractivity contribution in [2.24, 2.45) is 0 Å². The van der Waals surface area contributed by atoms with Crippen LogP contribution in [0.25, 0.3) is 11.1 Å². The first kappa shape index (κ1) is 23.8. The molecule has 1 heterocycles. The number of piperidine rings is 1. The third-order valence-corrected chi connectivity index (χ3v) is 7.54. The summed E-state index contributed by atoms with van der Waals surface area (Å²) in [5, 5.41) is 23.4. The van der Waals surface area contributed by atoms with E-state index in [1.807, 2.05) is 53.4 Å². The quantitative estimate of drug-likeness (QED) is 0.514. The normalized spacial score (nSPS) is 19.6. The van der Waals surface area contributed by atoms with Gasteiger partial charge in [0.25, 0.3) is 0 Å². The molecule has 2 aliphatic rings. The molecule has 33 heavy (non-hydrogen) atoms. The number of rotatable bonds is 5. The smallest absolute Gasteiger partial charge is 0.404 e. The van der Waals surface area contributed by atoms with Crippen molar-refractivity contribution in [1.29, 1.82) is 0 Å². The topological polar surface area (TPSA) is 89.9 Å². The first-order chi connectivity index (χ1) is 15.9. The lowest BCUT2D eigenvalue weighted by Crippen LogP contribution is -2.52. The van der Waals surface area contributed by atoms with Crippen molar-refractivity contribution in [2.75, 3.05) is 13.1 Å². The largest absolute Gasteiger partial charge is 0.465 e. The van der Waals surface area contributed by atoms with E-state index in [9.17, 15) is 14.7 Å². The van der Waals surface area contributed by atoms with Crippen LogP contribution in [0.4, 0.5) is 4.79 Å². The number of benzene rings is 2. The highest BCUT2D eigenvalue weighted by Crippen LogP contribution is 2.44. The summed E-state index contributed by atoms with van der Waals surface area (Å²) in [6, 6.07) is 15.8. The molecule has 1 unspecified atom stereocenters. The number of amides is 2. The Labute approximate surface area is 203 Å². The van der Waals surface area contributed by atoms with E-state index < -0.39 is 17.6 Å². The van der Waals surface area contributed by atoms with Crippen molar-refractivity contribution in [1.82, 2.24) is 10.2 Å². The first-order valence-corrected chi connectivity index (χ1v) is 12.5. The fourth-order valence-corrected chi connectivity index (χ4v) is 5.77. The third-order valence-electron chi connectivity index (χ3n) is 7.05. The van der Waals surface area contributed by atoms with Crippen LogP contribution < -0.4 is 5.32 Å². The van der Waals surface area contributed by atoms with E-state index in [4.69, 9.17) is 5.11 Å². The number of hydrogen-bond acceptors (Lipinski definition) is 3. The van der Waals surface area contributed by atoms with Gasteiger partial charge in [0.2, 0.25) is 5.91 Å². The predicted octanol–water partition coefficient (Wildman–Crippen LogP) is 5.15. The van der Waals surface area contributed by atoms with E-state index in [2.05, 4.69) is 21.2 Å². The van der Waals surface area contributed by atoms with Gasteiger partial charge in [0, 0.05) is 23.6 Å². The van der Waals surface area contributed by atoms with Gasteiger partial charge in [0.05, 0.1) is 11.5 Å². The summed E-state index contributed by atoms with van der Waals surface area (Å²) in [6.45, 7) is 0.963. The predicted molar refractivity (Wildman–Crippen MR) is 131 cm³/mol. The van der Waals surface area contributed by atoms with Crippen molar-refractivity contribution < 1.29 is 19.8 Å². The highest BCUT2D eigenvalue weighted by atomic mass is 79.9. The highest BCUT2D eigenvalue weighted by molar-refractivity contribution is 9.10. The Morgan fingerprint density at radius 3 is 2.39 bits per heavy atom. The van der Waals surface area contributed by atoms with Crippen LogP contribution in [0.1, 0.15) is 56.4 Å². The molecule has 1 atom stereocenters. The van der Waals surface area contributed by atoms with Gasteiger partial charge >= 0.3 is 6.09 Å². The number of aliphatic hydroxyl groups is 1. The molecule has 1 aliphatic carbocycles.